The van der Waals surface area contributed by atoms with Gasteiger partial charge in [-0.25, -0.2) is 0 Å². The molecule has 0 saturated carbocycles. The summed E-state index contributed by atoms with van der Waals surface area (Å²) in [5.74, 6) is 0.118. The second kappa shape index (κ2) is 7.96. The Labute approximate surface area is 151 Å². The van der Waals surface area contributed by atoms with Crippen LogP contribution in [0.1, 0.15) is 30.9 Å². The Kier molecular flexibility index (Phi) is 5.87. The minimum absolute atomic E-state index is 0.0990. The lowest BCUT2D eigenvalue weighted by atomic mass is 9.99. The predicted octanol–water partition coefficient (Wildman–Crippen LogP) is 2.96. The molecule has 2 aliphatic heterocycles. The third kappa shape index (κ3) is 4.76. The second-order valence-corrected chi connectivity index (χ2v) is 7.13. The van der Waals surface area contributed by atoms with Crippen LogP contribution < -0.4 is 0 Å². The maximum Gasteiger partial charge on any atom is 0.416 e. The van der Waals surface area contributed by atoms with E-state index in [0.29, 0.717) is 24.6 Å². The topological polar surface area (TPSA) is 32.8 Å². The zero-order valence-corrected chi connectivity index (χ0v) is 15.0. The van der Waals surface area contributed by atoms with Gasteiger partial charge in [0.15, 0.2) is 0 Å². The summed E-state index contributed by atoms with van der Waals surface area (Å²) in [4.78, 5) is 15.7. The van der Waals surface area contributed by atoms with Gasteiger partial charge in [0.1, 0.15) is 0 Å². The molecule has 26 heavy (non-hydrogen) atoms. The quantitative estimate of drug-likeness (QED) is 0.820. The second-order valence-electron chi connectivity index (χ2n) is 7.13. The maximum atomic E-state index is 12.9. The molecule has 2 aliphatic rings. The first-order chi connectivity index (χ1) is 12.3. The lowest BCUT2D eigenvalue weighted by Crippen LogP contribution is -2.52. The number of carbonyl (C=O) groups excluding carboxylic acids is 1. The molecule has 0 unspecified atom stereocenters. The molecule has 2 saturated heterocycles. The number of carbonyl (C=O) groups is 1. The summed E-state index contributed by atoms with van der Waals surface area (Å²) in [5.41, 5.74) is 0.0392. The highest BCUT2D eigenvalue weighted by Crippen LogP contribution is 2.30. The molecule has 3 rings (SSSR count). The highest BCUT2D eigenvalue weighted by Gasteiger charge is 2.32. The van der Waals surface area contributed by atoms with Gasteiger partial charge in [-0.15, -0.1) is 0 Å². The molecule has 7 heteroatoms. The molecule has 4 nitrogen and oxygen atoms in total. The van der Waals surface area contributed by atoms with Crippen LogP contribution in [-0.4, -0.2) is 60.6 Å². The molecule has 1 amide bonds. The number of amides is 1. The van der Waals surface area contributed by atoms with E-state index < -0.39 is 11.7 Å². The molecule has 0 radical (unpaired) electrons. The van der Waals surface area contributed by atoms with E-state index in [-0.39, 0.29) is 12.0 Å². The SMILES string of the molecule is CC(=O)N1CCC(N2CCO[C@@H](Cc3cccc(C(F)(F)F)c3)C2)CC1. The van der Waals surface area contributed by atoms with Crippen molar-refractivity contribution < 1.29 is 22.7 Å². The van der Waals surface area contributed by atoms with Crippen LogP contribution in [-0.2, 0) is 22.1 Å². The van der Waals surface area contributed by atoms with Crippen molar-refractivity contribution in [3.8, 4) is 0 Å². The molecule has 0 aliphatic carbocycles. The largest absolute Gasteiger partial charge is 0.416 e. The van der Waals surface area contributed by atoms with Gasteiger partial charge in [-0.05, 0) is 30.9 Å². The number of rotatable bonds is 3. The zero-order chi connectivity index (χ0) is 18.7. The molecule has 2 heterocycles. The fourth-order valence-corrected chi connectivity index (χ4v) is 3.88. The smallest absolute Gasteiger partial charge is 0.375 e. The van der Waals surface area contributed by atoms with E-state index in [1.165, 1.54) is 12.1 Å². The number of morpholine rings is 1. The predicted molar refractivity (Wildman–Crippen MR) is 91.7 cm³/mol. The van der Waals surface area contributed by atoms with Crippen molar-refractivity contribution in [3.63, 3.8) is 0 Å². The third-order valence-electron chi connectivity index (χ3n) is 5.31. The van der Waals surface area contributed by atoms with E-state index in [9.17, 15) is 18.0 Å². The minimum atomic E-state index is -4.32. The number of nitrogens with zero attached hydrogens (tertiary/aromatic N) is 2. The maximum absolute atomic E-state index is 12.9. The van der Waals surface area contributed by atoms with Crippen molar-refractivity contribution in [1.82, 2.24) is 9.80 Å². The molecule has 144 valence electrons. The summed E-state index contributed by atoms with van der Waals surface area (Å²) in [6.07, 6.45) is -2.06. The molecule has 1 atom stereocenters. The van der Waals surface area contributed by atoms with E-state index in [4.69, 9.17) is 4.74 Å². The van der Waals surface area contributed by atoms with E-state index in [2.05, 4.69) is 4.90 Å². The molecule has 0 aromatic heterocycles. The van der Waals surface area contributed by atoms with Gasteiger partial charge in [-0.2, -0.15) is 13.2 Å². The summed E-state index contributed by atoms with van der Waals surface area (Å²) in [5, 5.41) is 0. The summed E-state index contributed by atoms with van der Waals surface area (Å²) in [7, 11) is 0. The number of benzene rings is 1. The summed E-state index contributed by atoms with van der Waals surface area (Å²) in [6, 6.07) is 5.91. The number of ether oxygens (including phenoxy) is 1. The number of hydrogen-bond donors (Lipinski definition) is 0. The van der Waals surface area contributed by atoms with Crippen LogP contribution in [0.4, 0.5) is 13.2 Å². The number of halogens is 3. The third-order valence-corrected chi connectivity index (χ3v) is 5.31. The van der Waals surface area contributed by atoms with Gasteiger partial charge >= 0.3 is 6.18 Å². The number of hydrogen-bond acceptors (Lipinski definition) is 3. The van der Waals surface area contributed by atoms with E-state index in [1.54, 1.807) is 13.0 Å². The van der Waals surface area contributed by atoms with Gasteiger partial charge in [-0.1, -0.05) is 18.2 Å². The Bertz CT molecular complexity index is 627. The van der Waals surface area contributed by atoms with Crippen LogP contribution in [0.25, 0.3) is 0 Å². The molecule has 2 fully saturated rings. The van der Waals surface area contributed by atoms with Gasteiger partial charge in [-0.3, -0.25) is 9.69 Å². The van der Waals surface area contributed by atoms with Gasteiger partial charge in [0.05, 0.1) is 18.3 Å². The summed E-state index contributed by atoms with van der Waals surface area (Å²) < 4.78 is 44.4. The summed E-state index contributed by atoms with van der Waals surface area (Å²) >= 11 is 0. The Hall–Kier alpha value is -1.60. The van der Waals surface area contributed by atoms with Gasteiger partial charge in [0.25, 0.3) is 0 Å². The van der Waals surface area contributed by atoms with Gasteiger partial charge in [0.2, 0.25) is 5.91 Å². The van der Waals surface area contributed by atoms with Crippen molar-refractivity contribution in [2.24, 2.45) is 0 Å². The monoisotopic (exact) mass is 370 g/mol. The average molecular weight is 370 g/mol. The van der Waals surface area contributed by atoms with Crippen LogP contribution in [0.3, 0.4) is 0 Å². The van der Waals surface area contributed by atoms with Crippen LogP contribution in [0, 0.1) is 0 Å². The molecule has 1 aromatic rings. The van der Waals surface area contributed by atoms with Crippen molar-refractivity contribution in [2.75, 3.05) is 32.8 Å². The van der Waals surface area contributed by atoms with Crippen LogP contribution >= 0.6 is 0 Å². The Morgan fingerprint density at radius 1 is 1.23 bits per heavy atom. The summed E-state index contributed by atoms with van der Waals surface area (Å²) in [6.45, 7) is 5.30. The first-order valence-corrected chi connectivity index (χ1v) is 9.10. The van der Waals surface area contributed by atoms with Crippen LogP contribution in [0.15, 0.2) is 24.3 Å². The number of likely N-dealkylation sites (tertiary alicyclic amines) is 1. The lowest BCUT2D eigenvalue weighted by Gasteiger charge is -2.42. The Morgan fingerprint density at radius 3 is 2.62 bits per heavy atom. The molecular formula is C19H25F3N2O2. The zero-order valence-electron chi connectivity index (χ0n) is 15.0. The Morgan fingerprint density at radius 2 is 1.96 bits per heavy atom. The van der Waals surface area contributed by atoms with E-state index in [1.807, 2.05) is 4.90 Å². The van der Waals surface area contributed by atoms with Crippen LogP contribution in [0.2, 0.25) is 0 Å². The first-order valence-electron chi connectivity index (χ1n) is 9.10. The number of alkyl halides is 3. The van der Waals surface area contributed by atoms with E-state index in [0.717, 1.165) is 45.1 Å². The van der Waals surface area contributed by atoms with Crippen molar-refractivity contribution in [1.29, 1.82) is 0 Å². The highest BCUT2D eigenvalue weighted by atomic mass is 19.4. The van der Waals surface area contributed by atoms with Gasteiger partial charge < -0.3 is 9.64 Å². The first kappa shape index (κ1) is 19.2. The standard InChI is InChI=1S/C19H25F3N2O2/c1-14(25)23-7-5-17(6-8-23)24-9-10-26-18(13-24)12-15-3-2-4-16(11-15)19(20,21)22/h2-4,11,17-18H,5-10,12-13H2,1H3/t18-/m0/s1. The number of piperidine rings is 1. The molecule has 0 bridgehead atoms. The minimum Gasteiger partial charge on any atom is -0.375 e. The molecule has 1 aromatic carbocycles. The van der Waals surface area contributed by atoms with Crippen molar-refractivity contribution in [2.45, 2.75) is 44.5 Å². The molecular weight excluding hydrogens is 345 g/mol. The van der Waals surface area contributed by atoms with Crippen molar-refractivity contribution >= 4 is 5.91 Å². The van der Waals surface area contributed by atoms with Crippen LogP contribution in [0.5, 0.6) is 0 Å². The molecule has 0 spiro atoms. The fourth-order valence-electron chi connectivity index (χ4n) is 3.88. The fraction of sp³-hybridized carbons (Fsp3) is 0.632. The normalized spacial score (nSPS) is 23.2. The van der Waals surface area contributed by atoms with E-state index >= 15 is 0 Å². The average Bonchev–Trinajstić information content (AvgIpc) is 2.61. The Balaban J connectivity index is 1.57. The highest BCUT2D eigenvalue weighted by molar-refractivity contribution is 5.73. The van der Waals surface area contributed by atoms with Gasteiger partial charge in [0, 0.05) is 39.1 Å². The molecule has 0 N–H and O–H groups in total. The van der Waals surface area contributed by atoms with Crippen molar-refractivity contribution in [3.05, 3.63) is 35.4 Å². The lowest BCUT2D eigenvalue weighted by molar-refractivity contribution is -0.137.